The number of aromatic nitrogens is 2. The fourth-order valence-electron chi connectivity index (χ4n) is 9.27. The second kappa shape index (κ2) is 15.3. The summed E-state index contributed by atoms with van der Waals surface area (Å²) in [5.41, 5.74) is 19.2. The maximum atomic E-state index is 5.14. The molecule has 1 aliphatic rings. The Labute approximate surface area is 357 Å². The van der Waals surface area contributed by atoms with Gasteiger partial charge in [0.05, 0.1) is 16.8 Å². The molecule has 2 heteroatoms. The predicted molar refractivity (Wildman–Crippen MR) is 252 cm³/mol. The van der Waals surface area contributed by atoms with Gasteiger partial charge in [-0.2, -0.15) is 0 Å². The Morgan fingerprint density at radius 2 is 0.656 bits per heavy atom. The number of nitrogens with zero attached hydrogens (tertiary/aromatic N) is 2. The lowest BCUT2D eigenvalue weighted by atomic mass is 9.67. The van der Waals surface area contributed by atoms with Crippen LogP contribution in [0.5, 0.6) is 0 Å². The largest absolute Gasteiger partial charge is 0.228 e. The molecule has 0 amide bonds. The van der Waals surface area contributed by atoms with Gasteiger partial charge < -0.3 is 0 Å². The molecule has 1 heterocycles. The molecule has 61 heavy (non-hydrogen) atoms. The van der Waals surface area contributed by atoms with Crippen LogP contribution in [-0.2, 0) is 5.41 Å². The van der Waals surface area contributed by atoms with Gasteiger partial charge in [-0.15, -0.1) is 0 Å². The van der Waals surface area contributed by atoms with Crippen molar-refractivity contribution >= 4 is 0 Å². The van der Waals surface area contributed by atoms with Crippen LogP contribution in [0.25, 0.3) is 78.4 Å². The topological polar surface area (TPSA) is 25.8 Å². The summed E-state index contributed by atoms with van der Waals surface area (Å²) in [6, 6.07) is 87.1. The van der Waals surface area contributed by atoms with Crippen molar-refractivity contribution in [2.75, 3.05) is 0 Å². The monoisotopic (exact) mass is 776 g/mol. The molecular formula is C59H40N2. The normalized spacial score (nSPS) is 12.4. The Hall–Kier alpha value is -7.94. The lowest BCUT2D eigenvalue weighted by molar-refractivity contribution is 0.768. The molecule has 9 aromatic carbocycles. The first kappa shape index (κ1) is 36.2. The molecule has 1 aliphatic carbocycles. The molecule has 11 rings (SSSR count). The van der Waals surface area contributed by atoms with Gasteiger partial charge >= 0.3 is 0 Å². The van der Waals surface area contributed by atoms with E-state index in [0.29, 0.717) is 5.82 Å². The lowest BCUT2D eigenvalue weighted by Gasteiger charge is -2.33. The summed E-state index contributed by atoms with van der Waals surface area (Å²) in [5, 5.41) is 0. The number of fused-ring (bicyclic) bond motifs is 3. The molecule has 0 saturated heterocycles. The average Bonchev–Trinajstić information content (AvgIpc) is 3.65. The van der Waals surface area contributed by atoms with Crippen molar-refractivity contribution < 1.29 is 0 Å². The van der Waals surface area contributed by atoms with Gasteiger partial charge in [0.25, 0.3) is 0 Å². The summed E-state index contributed by atoms with van der Waals surface area (Å²) in [6.45, 7) is 0. The van der Waals surface area contributed by atoms with E-state index in [0.717, 1.165) is 39.2 Å². The van der Waals surface area contributed by atoms with Gasteiger partial charge in [-0.3, -0.25) is 0 Å². The van der Waals surface area contributed by atoms with Crippen LogP contribution in [0.15, 0.2) is 243 Å². The fourth-order valence-corrected chi connectivity index (χ4v) is 9.27. The molecular weight excluding hydrogens is 737 g/mol. The fraction of sp³-hybridized carbons (Fsp3) is 0.0169. The molecule has 0 saturated carbocycles. The smallest absolute Gasteiger partial charge is 0.160 e. The number of benzene rings is 9. The van der Waals surface area contributed by atoms with Gasteiger partial charge in [0.15, 0.2) is 5.82 Å². The summed E-state index contributed by atoms with van der Waals surface area (Å²) in [6.07, 6.45) is 0. The van der Waals surface area contributed by atoms with Crippen LogP contribution in [0.3, 0.4) is 0 Å². The van der Waals surface area contributed by atoms with Gasteiger partial charge in [-0.05, 0) is 85.0 Å². The Morgan fingerprint density at radius 3 is 1.28 bits per heavy atom. The average molecular weight is 777 g/mol. The Balaban J connectivity index is 0.942. The molecule has 0 bridgehead atoms. The van der Waals surface area contributed by atoms with Crippen LogP contribution < -0.4 is 0 Å². The maximum absolute atomic E-state index is 5.14. The number of hydrogen-bond donors (Lipinski definition) is 0. The van der Waals surface area contributed by atoms with E-state index < -0.39 is 5.41 Å². The third-order valence-electron chi connectivity index (χ3n) is 12.2. The minimum Gasteiger partial charge on any atom is -0.228 e. The standard InChI is InChI=1S/C59H40N2/c1-5-16-41(17-6-1)42-32-34-45(35-33-42)56-40-57(61-58(60-56)46-18-7-2-8-19-46)49-21-15-20-47(38-49)43-28-30-44(31-29-43)48-36-37-55-53(39-48)52-26-13-14-27-54(52)59(55,50-22-9-3-10-23-50)51-24-11-4-12-25-51/h1-40H. The molecule has 0 spiro atoms. The lowest BCUT2D eigenvalue weighted by Crippen LogP contribution is -2.28. The highest BCUT2D eigenvalue weighted by atomic mass is 14.9. The summed E-state index contributed by atoms with van der Waals surface area (Å²) < 4.78 is 0. The second-order valence-corrected chi connectivity index (χ2v) is 15.7. The van der Waals surface area contributed by atoms with E-state index in [1.54, 1.807) is 0 Å². The van der Waals surface area contributed by atoms with E-state index >= 15 is 0 Å². The zero-order valence-electron chi connectivity index (χ0n) is 33.5. The van der Waals surface area contributed by atoms with Gasteiger partial charge in [-0.25, -0.2) is 9.97 Å². The molecule has 0 radical (unpaired) electrons. The molecule has 1 aromatic heterocycles. The first-order valence-electron chi connectivity index (χ1n) is 20.9. The van der Waals surface area contributed by atoms with Crippen LogP contribution in [-0.4, -0.2) is 9.97 Å². The van der Waals surface area contributed by atoms with Gasteiger partial charge in [0.2, 0.25) is 0 Å². The second-order valence-electron chi connectivity index (χ2n) is 15.7. The first-order valence-corrected chi connectivity index (χ1v) is 20.9. The SMILES string of the molecule is c1ccc(-c2ccc(-c3cc(-c4cccc(-c5ccc(-c6ccc7c(c6)-c6ccccc6C7(c6ccccc6)c6ccccc6)cc5)c4)nc(-c4ccccc4)n3)cc2)cc1. The van der Waals surface area contributed by atoms with Crippen molar-refractivity contribution in [1.29, 1.82) is 0 Å². The summed E-state index contributed by atoms with van der Waals surface area (Å²) in [4.78, 5) is 10.2. The van der Waals surface area contributed by atoms with E-state index in [9.17, 15) is 0 Å². The minimum absolute atomic E-state index is 0.402. The Kier molecular flexibility index (Phi) is 9.09. The summed E-state index contributed by atoms with van der Waals surface area (Å²) in [7, 11) is 0. The third kappa shape index (κ3) is 6.46. The molecule has 0 unspecified atom stereocenters. The quantitative estimate of drug-likeness (QED) is 0.154. The van der Waals surface area contributed by atoms with E-state index in [4.69, 9.17) is 9.97 Å². The molecule has 0 atom stereocenters. The van der Waals surface area contributed by atoms with E-state index in [1.165, 1.54) is 55.6 Å². The highest BCUT2D eigenvalue weighted by molar-refractivity contribution is 5.89. The first-order chi connectivity index (χ1) is 30.2. The maximum Gasteiger partial charge on any atom is 0.160 e. The van der Waals surface area contributed by atoms with Crippen molar-refractivity contribution in [2.45, 2.75) is 5.41 Å². The van der Waals surface area contributed by atoms with Crippen LogP contribution in [0.1, 0.15) is 22.3 Å². The summed E-state index contributed by atoms with van der Waals surface area (Å²) in [5.74, 6) is 0.705. The molecule has 0 aliphatic heterocycles. The molecule has 0 N–H and O–H groups in total. The molecule has 2 nitrogen and oxygen atoms in total. The zero-order valence-corrected chi connectivity index (χ0v) is 33.5. The highest BCUT2D eigenvalue weighted by Crippen LogP contribution is 2.56. The van der Waals surface area contributed by atoms with E-state index in [1.807, 2.05) is 24.3 Å². The van der Waals surface area contributed by atoms with Crippen molar-refractivity contribution in [3.05, 3.63) is 265 Å². The van der Waals surface area contributed by atoms with Gasteiger partial charge in [0, 0.05) is 16.7 Å². The van der Waals surface area contributed by atoms with Crippen LogP contribution in [0.4, 0.5) is 0 Å². The highest BCUT2D eigenvalue weighted by Gasteiger charge is 2.45. The molecule has 10 aromatic rings. The van der Waals surface area contributed by atoms with Crippen molar-refractivity contribution in [2.24, 2.45) is 0 Å². The zero-order chi connectivity index (χ0) is 40.6. The minimum atomic E-state index is -0.402. The predicted octanol–water partition coefficient (Wildman–Crippen LogP) is 14.8. The number of rotatable bonds is 8. The number of hydrogen-bond acceptors (Lipinski definition) is 2. The van der Waals surface area contributed by atoms with Crippen molar-refractivity contribution in [3.63, 3.8) is 0 Å². The molecule has 0 fully saturated rings. The van der Waals surface area contributed by atoms with Gasteiger partial charge in [-0.1, -0.05) is 224 Å². The Morgan fingerprint density at radius 1 is 0.246 bits per heavy atom. The Bertz CT molecular complexity index is 3100. The molecule has 286 valence electrons. The van der Waals surface area contributed by atoms with Crippen LogP contribution >= 0.6 is 0 Å². The third-order valence-corrected chi connectivity index (χ3v) is 12.2. The van der Waals surface area contributed by atoms with Crippen molar-refractivity contribution in [1.82, 2.24) is 9.97 Å². The van der Waals surface area contributed by atoms with Crippen LogP contribution in [0.2, 0.25) is 0 Å². The summed E-state index contributed by atoms with van der Waals surface area (Å²) >= 11 is 0. The van der Waals surface area contributed by atoms with E-state index in [-0.39, 0.29) is 0 Å². The van der Waals surface area contributed by atoms with Gasteiger partial charge in [0.1, 0.15) is 0 Å². The van der Waals surface area contributed by atoms with Crippen molar-refractivity contribution in [3.8, 4) is 78.4 Å². The van der Waals surface area contributed by atoms with Crippen LogP contribution in [0, 0.1) is 0 Å². The van der Waals surface area contributed by atoms with E-state index in [2.05, 4.69) is 218 Å².